The molecule has 0 unspecified atom stereocenters. The summed E-state index contributed by atoms with van der Waals surface area (Å²) in [6.45, 7) is 19.5. The second-order valence-corrected chi connectivity index (χ2v) is 21.3. The number of anilines is 6. The number of fused-ring (bicyclic) bond motifs is 18. The van der Waals surface area contributed by atoms with E-state index >= 15 is 0 Å². The highest BCUT2D eigenvalue weighted by atomic mass is 15.2. The van der Waals surface area contributed by atoms with E-state index in [1.807, 2.05) is 0 Å². The summed E-state index contributed by atoms with van der Waals surface area (Å²) in [6, 6.07) is 61.6. The van der Waals surface area contributed by atoms with E-state index in [0.717, 1.165) is 0 Å². The normalized spacial score (nSPS) is 18.7. The Morgan fingerprint density at radius 2 is 0.571 bits per heavy atom. The zero-order valence-electron chi connectivity index (χ0n) is 37.4. The van der Waals surface area contributed by atoms with Crippen molar-refractivity contribution >= 4 is 34.1 Å². The van der Waals surface area contributed by atoms with Crippen LogP contribution in [0.2, 0.25) is 0 Å². The van der Waals surface area contributed by atoms with Gasteiger partial charge in [-0.3, -0.25) is 0 Å². The first kappa shape index (κ1) is 35.9. The van der Waals surface area contributed by atoms with Crippen LogP contribution in [0.25, 0.3) is 22.3 Å². The molecule has 304 valence electrons. The van der Waals surface area contributed by atoms with Crippen LogP contribution < -0.4 is 9.80 Å². The smallest absolute Gasteiger partial charge is 0.0727 e. The standard InChI is InChI=1S/C61H50N2/c1-57(2)41-23-13-15-29-51(41)62-53-33-47-37(31-49(53)59(5,6)45-27-17-25-43(57)55(45)62)38-32-50-54(34-48(38)61(47)39-21-11-9-19-35(39)36-20-10-12-22-40(36)61)63-52-30-16-14-24-42(52)58(3,4)44-26-18-28-46(56(44)63)60(50,7)8/h9-34H,1-8H3. The number of nitrogens with zero attached hydrogens (tertiary/aromatic N) is 2. The maximum atomic E-state index is 2.65. The fourth-order valence-corrected chi connectivity index (χ4v) is 13.9. The number of rotatable bonds is 0. The van der Waals surface area contributed by atoms with Gasteiger partial charge >= 0.3 is 0 Å². The van der Waals surface area contributed by atoms with Gasteiger partial charge in [0.15, 0.2) is 0 Å². The Morgan fingerprint density at radius 1 is 0.254 bits per heavy atom. The van der Waals surface area contributed by atoms with E-state index in [0.29, 0.717) is 0 Å². The van der Waals surface area contributed by atoms with E-state index in [1.165, 1.54) is 123 Å². The van der Waals surface area contributed by atoms with Gasteiger partial charge in [-0.05, 0) is 125 Å². The van der Waals surface area contributed by atoms with Gasteiger partial charge in [-0.15, -0.1) is 0 Å². The molecule has 0 atom stereocenters. The summed E-state index contributed by atoms with van der Waals surface area (Å²) in [5.74, 6) is 0. The Morgan fingerprint density at radius 3 is 0.968 bits per heavy atom. The molecule has 1 spiro atoms. The van der Waals surface area contributed by atoms with Crippen molar-refractivity contribution in [3.8, 4) is 22.3 Å². The monoisotopic (exact) mass is 810 g/mol. The molecule has 6 aliphatic rings. The second kappa shape index (κ2) is 11.1. The minimum Gasteiger partial charge on any atom is -0.309 e. The van der Waals surface area contributed by atoms with Gasteiger partial charge in [-0.25, -0.2) is 0 Å². The first-order valence-corrected chi connectivity index (χ1v) is 22.9. The third kappa shape index (κ3) is 3.89. The lowest BCUT2D eigenvalue weighted by Crippen LogP contribution is -2.38. The molecule has 4 aliphatic heterocycles. The van der Waals surface area contributed by atoms with Crippen LogP contribution in [0.15, 0.2) is 158 Å². The van der Waals surface area contributed by atoms with E-state index in [9.17, 15) is 0 Å². The van der Waals surface area contributed by atoms with Crippen LogP contribution in [0.5, 0.6) is 0 Å². The van der Waals surface area contributed by atoms with Gasteiger partial charge in [-0.2, -0.15) is 0 Å². The quantitative estimate of drug-likeness (QED) is 0.151. The van der Waals surface area contributed by atoms with Crippen LogP contribution in [0.4, 0.5) is 34.1 Å². The van der Waals surface area contributed by atoms with Crippen molar-refractivity contribution in [2.45, 2.75) is 82.5 Å². The molecule has 0 radical (unpaired) electrons. The fourth-order valence-electron chi connectivity index (χ4n) is 13.9. The maximum Gasteiger partial charge on any atom is 0.0727 e. The Labute approximate surface area is 371 Å². The summed E-state index contributed by atoms with van der Waals surface area (Å²) in [5.41, 5.74) is 28.5. The third-order valence-electron chi connectivity index (χ3n) is 17.0. The molecular weight excluding hydrogens is 761 g/mol. The second-order valence-electron chi connectivity index (χ2n) is 21.3. The van der Waals surface area contributed by atoms with Crippen LogP contribution in [-0.4, -0.2) is 0 Å². The van der Waals surface area contributed by atoms with Gasteiger partial charge in [0, 0.05) is 21.7 Å². The van der Waals surface area contributed by atoms with Crippen LogP contribution in [0.3, 0.4) is 0 Å². The van der Waals surface area contributed by atoms with Crippen molar-refractivity contribution in [3.05, 3.63) is 224 Å². The van der Waals surface area contributed by atoms with Crippen LogP contribution in [0, 0.1) is 0 Å². The predicted molar refractivity (Wildman–Crippen MR) is 261 cm³/mol. The number of hydrogen-bond acceptors (Lipinski definition) is 2. The summed E-state index contributed by atoms with van der Waals surface area (Å²) in [4.78, 5) is 5.29. The number of benzene rings is 8. The molecule has 4 heterocycles. The molecular formula is C61H50N2. The van der Waals surface area contributed by atoms with Crippen molar-refractivity contribution < 1.29 is 0 Å². The Kier molecular flexibility index (Phi) is 6.33. The number of para-hydroxylation sites is 4. The Hall–Kier alpha value is -6.64. The van der Waals surface area contributed by atoms with E-state index in [4.69, 9.17) is 0 Å². The topological polar surface area (TPSA) is 6.48 Å². The summed E-state index contributed by atoms with van der Waals surface area (Å²) in [7, 11) is 0. The Balaban J connectivity index is 1.13. The summed E-state index contributed by atoms with van der Waals surface area (Å²) >= 11 is 0. The van der Waals surface area contributed by atoms with Crippen LogP contribution in [-0.2, 0) is 27.1 Å². The van der Waals surface area contributed by atoms with Gasteiger partial charge < -0.3 is 9.80 Å². The molecule has 0 amide bonds. The van der Waals surface area contributed by atoms with Crippen LogP contribution in [0.1, 0.15) is 122 Å². The molecule has 0 aromatic heterocycles. The average Bonchev–Trinajstić information content (AvgIpc) is 3.74. The van der Waals surface area contributed by atoms with Crippen molar-refractivity contribution in [3.63, 3.8) is 0 Å². The highest BCUT2D eigenvalue weighted by Gasteiger charge is 2.56. The van der Waals surface area contributed by atoms with Gasteiger partial charge in [0.25, 0.3) is 0 Å². The highest BCUT2D eigenvalue weighted by Crippen LogP contribution is 2.69. The molecule has 14 rings (SSSR count). The molecule has 0 saturated carbocycles. The van der Waals surface area contributed by atoms with E-state index in [1.54, 1.807) is 0 Å². The largest absolute Gasteiger partial charge is 0.309 e. The lowest BCUT2D eigenvalue weighted by atomic mass is 9.65. The minimum absolute atomic E-state index is 0.144. The zero-order chi connectivity index (χ0) is 42.7. The third-order valence-corrected chi connectivity index (χ3v) is 17.0. The molecule has 0 N–H and O–H groups in total. The SMILES string of the molecule is CC1(C)c2ccccc2N2c3cc4c(cc3C(C)(C)c3cccc1c32)-c1cc2c(cc1C41c3ccccc3-c3ccccc31)N1c3ccccc3C(C)(C)c3cccc(c31)C2(C)C. The summed E-state index contributed by atoms with van der Waals surface area (Å²) in [5, 5.41) is 0. The molecule has 0 fully saturated rings. The fraction of sp³-hybridized carbons (Fsp3) is 0.213. The van der Waals surface area contributed by atoms with E-state index < -0.39 is 5.41 Å². The lowest BCUT2D eigenvalue weighted by Gasteiger charge is -2.50. The first-order chi connectivity index (χ1) is 30.3. The van der Waals surface area contributed by atoms with Gasteiger partial charge in [0.05, 0.1) is 39.5 Å². The van der Waals surface area contributed by atoms with Gasteiger partial charge in [-0.1, -0.05) is 177 Å². The van der Waals surface area contributed by atoms with Crippen molar-refractivity contribution in [1.29, 1.82) is 0 Å². The molecule has 8 aromatic rings. The van der Waals surface area contributed by atoms with Crippen molar-refractivity contribution in [2.24, 2.45) is 0 Å². The summed E-state index contributed by atoms with van der Waals surface area (Å²) in [6.07, 6.45) is 0. The average molecular weight is 811 g/mol. The predicted octanol–water partition coefficient (Wildman–Crippen LogP) is 15.5. The zero-order valence-corrected chi connectivity index (χ0v) is 37.4. The molecule has 2 aliphatic carbocycles. The first-order valence-electron chi connectivity index (χ1n) is 22.9. The van der Waals surface area contributed by atoms with Gasteiger partial charge in [0.2, 0.25) is 0 Å². The van der Waals surface area contributed by atoms with Gasteiger partial charge in [0.1, 0.15) is 0 Å². The van der Waals surface area contributed by atoms with Crippen molar-refractivity contribution in [1.82, 2.24) is 0 Å². The van der Waals surface area contributed by atoms with E-state index in [-0.39, 0.29) is 21.7 Å². The number of hydrogen-bond donors (Lipinski definition) is 0. The van der Waals surface area contributed by atoms with Crippen LogP contribution >= 0.6 is 0 Å². The summed E-state index contributed by atoms with van der Waals surface area (Å²) < 4.78 is 0. The highest BCUT2D eigenvalue weighted by molar-refractivity contribution is 6.02. The molecule has 8 aromatic carbocycles. The Bertz CT molecular complexity index is 3200. The molecule has 2 nitrogen and oxygen atoms in total. The molecule has 0 saturated heterocycles. The molecule has 2 heteroatoms. The minimum atomic E-state index is -0.529. The molecule has 0 bridgehead atoms. The maximum absolute atomic E-state index is 2.65. The molecule has 63 heavy (non-hydrogen) atoms. The van der Waals surface area contributed by atoms with E-state index in [2.05, 4.69) is 223 Å². The lowest BCUT2D eigenvalue weighted by molar-refractivity contribution is 0.596. The van der Waals surface area contributed by atoms with Crippen molar-refractivity contribution in [2.75, 3.05) is 9.80 Å².